The number of nitrogen functional groups attached to an aromatic ring is 1. The zero-order valence-electron chi connectivity index (χ0n) is 10.4. The molecule has 2 aromatic heterocycles. The molecule has 0 amide bonds. The highest BCUT2D eigenvalue weighted by atomic mass is 15.2. The maximum atomic E-state index is 5.85. The molecule has 0 saturated carbocycles. The highest BCUT2D eigenvalue weighted by Crippen LogP contribution is 2.29. The normalized spacial score (nSPS) is 11.0. The van der Waals surface area contributed by atoms with Crippen LogP contribution in [0.15, 0.2) is 36.8 Å². The van der Waals surface area contributed by atoms with Crippen molar-refractivity contribution in [2.24, 2.45) is 7.05 Å². The highest BCUT2D eigenvalue weighted by molar-refractivity contribution is 5.94. The standard InChI is InChI=1S/C14H14N4/c1-9-5-10(3-4-13(9)15)11-6-16-8-14-12(11)7-17-18(14)2/h3-8H,15H2,1-2H3. The van der Waals surface area contributed by atoms with Gasteiger partial charge in [0.1, 0.15) is 0 Å². The molecule has 3 aromatic rings. The van der Waals surface area contributed by atoms with Crippen molar-refractivity contribution in [1.82, 2.24) is 14.8 Å². The van der Waals surface area contributed by atoms with Crippen molar-refractivity contribution in [2.75, 3.05) is 5.73 Å². The van der Waals surface area contributed by atoms with Crippen LogP contribution in [0.2, 0.25) is 0 Å². The van der Waals surface area contributed by atoms with Crippen LogP contribution in [-0.4, -0.2) is 14.8 Å². The van der Waals surface area contributed by atoms with E-state index in [0.29, 0.717) is 0 Å². The minimum absolute atomic E-state index is 0.810. The summed E-state index contributed by atoms with van der Waals surface area (Å²) in [4.78, 5) is 4.28. The van der Waals surface area contributed by atoms with Crippen LogP contribution in [0.3, 0.4) is 0 Å². The number of aryl methyl sites for hydroxylation is 2. The smallest absolute Gasteiger partial charge is 0.0868 e. The first-order valence-corrected chi connectivity index (χ1v) is 5.79. The molecule has 0 saturated heterocycles. The molecule has 0 bridgehead atoms. The second kappa shape index (κ2) is 3.84. The third-order valence-corrected chi connectivity index (χ3v) is 3.26. The fourth-order valence-electron chi connectivity index (χ4n) is 2.13. The molecule has 1 aromatic carbocycles. The van der Waals surface area contributed by atoms with Crippen LogP contribution in [0.1, 0.15) is 5.56 Å². The molecule has 0 spiro atoms. The molecular formula is C14H14N4. The van der Waals surface area contributed by atoms with E-state index in [9.17, 15) is 0 Å². The monoisotopic (exact) mass is 238 g/mol. The lowest BCUT2D eigenvalue weighted by Gasteiger charge is -2.06. The van der Waals surface area contributed by atoms with Gasteiger partial charge in [0.25, 0.3) is 0 Å². The zero-order chi connectivity index (χ0) is 12.7. The maximum Gasteiger partial charge on any atom is 0.0868 e. The van der Waals surface area contributed by atoms with Crippen LogP contribution in [0, 0.1) is 6.92 Å². The van der Waals surface area contributed by atoms with Gasteiger partial charge in [-0.3, -0.25) is 9.67 Å². The first-order valence-electron chi connectivity index (χ1n) is 5.79. The molecule has 18 heavy (non-hydrogen) atoms. The van der Waals surface area contributed by atoms with Gasteiger partial charge in [-0.25, -0.2) is 0 Å². The number of rotatable bonds is 1. The number of anilines is 1. The summed E-state index contributed by atoms with van der Waals surface area (Å²) < 4.78 is 1.83. The fraction of sp³-hybridized carbons (Fsp3) is 0.143. The van der Waals surface area contributed by atoms with Gasteiger partial charge in [-0.15, -0.1) is 0 Å². The number of fused-ring (bicyclic) bond motifs is 1. The Morgan fingerprint density at radius 2 is 2.00 bits per heavy atom. The van der Waals surface area contributed by atoms with E-state index in [1.54, 1.807) is 0 Å². The third-order valence-electron chi connectivity index (χ3n) is 3.26. The van der Waals surface area contributed by atoms with Crippen molar-refractivity contribution in [3.63, 3.8) is 0 Å². The molecule has 0 radical (unpaired) electrons. The Hall–Kier alpha value is -2.36. The van der Waals surface area contributed by atoms with Crippen molar-refractivity contribution in [1.29, 1.82) is 0 Å². The molecule has 0 unspecified atom stereocenters. The Balaban J connectivity index is 2.28. The molecule has 90 valence electrons. The summed E-state index contributed by atoms with van der Waals surface area (Å²) >= 11 is 0. The van der Waals surface area contributed by atoms with Gasteiger partial charge >= 0.3 is 0 Å². The van der Waals surface area contributed by atoms with E-state index in [4.69, 9.17) is 5.73 Å². The predicted molar refractivity (Wildman–Crippen MR) is 73.1 cm³/mol. The molecule has 3 rings (SSSR count). The largest absolute Gasteiger partial charge is 0.399 e. The SMILES string of the molecule is Cc1cc(-c2cncc3c2cnn3C)ccc1N. The number of hydrogen-bond donors (Lipinski definition) is 1. The summed E-state index contributed by atoms with van der Waals surface area (Å²) in [5, 5.41) is 5.38. The first kappa shape index (κ1) is 10.8. The topological polar surface area (TPSA) is 56.7 Å². The lowest BCUT2D eigenvalue weighted by Crippen LogP contribution is -1.91. The number of benzene rings is 1. The van der Waals surface area contributed by atoms with Crippen LogP contribution in [0.5, 0.6) is 0 Å². The second-order valence-corrected chi connectivity index (χ2v) is 4.46. The van der Waals surface area contributed by atoms with Gasteiger partial charge in [-0.1, -0.05) is 6.07 Å². The van der Waals surface area contributed by atoms with Crippen LogP contribution in [0.4, 0.5) is 5.69 Å². The van der Waals surface area contributed by atoms with Gasteiger partial charge in [0.15, 0.2) is 0 Å². The van der Waals surface area contributed by atoms with E-state index in [1.807, 2.05) is 49.4 Å². The minimum atomic E-state index is 0.810. The van der Waals surface area contributed by atoms with E-state index in [-0.39, 0.29) is 0 Å². The predicted octanol–water partition coefficient (Wildman–Crippen LogP) is 2.53. The lowest BCUT2D eigenvalue weighted by molar-refractivity contribution is 0.795. The average molecular weight is 238 g/mol. The molecule has 2 heterocycles. The fourth-order valence-corrected chi connectivity index (χ4v) is 2.13. The van der Waals surface area contributed by atoms with Crippen LogP contribution in [0.25, 0.3) is 22.0 Å². The molecule has 4 nitrogen and oxygen atoms in total. The van der Waals surface area contributed by atoms with Crippen LogP contribution in [-0.2, 0) is 7.05 Å². The van der Waals surface area contributed by atoms with Gasteiger partial charge in [-0.2, -0.15) is 5.10 Å². The molecule has 0 fully saturated rings. The van der Waals surface area contributed by atoms with Crippen molar-refractivity contribution in [3.05, 3.63) is 42.4 Å². The van der Waals surface area contributed by atoms with Gasteiger partial charge in [-0.05, 0) is 30.2 Å². The average Bonchev–Trinajstić information content (AvgIpc) is 2.75. The molecule has 0 aliphatic carbocycles. The highest BCUT2D eigenvalue weighted by Gasteiger charge is 2.08. The number of nitrogens with zero attached hydrogens (tertiary/aromatic N) is 3. The molecule has 0 aliphatic heterocycles. The zero-order valence-corrected chi connectivity index (χ0v) is 10.4. The summed E-state index contributed by atoms with van der Waals surface area (Å²) in [7, 11) is 1.92. The van der Waals surface area contributed by atoms with Gasteiger partial charge in [0, 0.05) is 29.9 Å². The first-order chi connectivity index (χ1) is 8.66. The van der Waals surface area contributed by atoms with Crippen LogP contribution >= 0.6 is 0 Å². The minimum Gasteiger partial charge on any atom is -0.399 e. The van der Waals surface area contributed by atoms with Crippen molar-refractivity contribution < 1.29 is 0 Å². The van der Waals surface area contributed by atoms with Gasteiger partial charge in [0.05, 0.1) is 17.9 Å². The number of aromatic nitrogens is 3. The third kappa shape index (κ3) is 1.54. The Bertz CT molecular complexity index is 728. The molecular weight excluding hydrogens is 224 g/mol. The lowest BCUT2D eigenvalue weighted by atomic mass is 10.0. The summed E-state index contributed by atoms with van der Waals surface area (Å²) in [6.07, 6.45) is 5.57. The van der Waals surface area contributed by atoms with Crippen molar-refractivity contribution in [3.8, 4) is 11.1 Å². The van der Waals surface area contributed by atoms with E-state index in [1.165, 1.54) is 0 Å². The van der Waals surface area contributed by atoms with Crippen LogP contribution < -0.4 is 5.73 Å². The van der Waals surface area contributed by atoms with Gasteiger partial charge < -0.3 is 5.73 Å². The summed E-state index contributed by atoms with van der Waals surface area (Å²) in [5.41, 5.74) is 11.0. The number of nitrogens with two attached hydrogens (primary N) is 1. The molecule has 2 N–H and O–H groups in total. The summed E-state index contributed by atoms with van der Waals surface area (Å²) in [6, 6.07) is 6.03. The van der Waals surface area contributed by atoms with E-state index in [0.717, 1.165) is 33.3 Å². The van der Waals surface area contributed by atoms with Gasteiger partial charge in [0.2, 0.25) is 0 Å². The molecule has 4 heteroatoms. The van der Waals surface area contributed by atoms with E-state index >= 15 is 0 Å². The Morgan fingerprint density at radius 1 is 1.17 bits per heavy atom. The van der Waals surface area contributed by atoms with E-state index < -0.39 is 0 Å². The summed E-state index contributed by atoms with van der Waals surface area (Å²) in [5.74, 6) is 0. The van der Waals surface area contributed by atoms with Crippen molar-refractivity contribution in [2.45, 2.75) is 6.92 Å². The number of hydrogen-bond acceptors (Lipinski definition) is 3. The van der Waals surface area contributed by atoms with Crippen molar-refractivity contribution >= 4 is 16.6 Å². The second-order valence-electron chi connectivity index (χ2n) is 4.46. The van der Waals surface area contributed by atoms with E-state index in [2.05, 4.69) is 16.1 Å². The molecule has 0 atom stereocenters. The number of pyridine rings is 1. The summed E-state index contributed by atoms with van der Waals surface area (Å²) in [6.45, 7) is 2.01. The Morgan fingerprint density at radius 3 is 2.78 bits per heavy atom. The Labute approximate surface area is 105 Å². The maximum absolute atomic E-state index is 5.85. The Kier molecular flexibility index (Phi) is 2.30. The quantitative estimate of drug-likeness (QED) is 0.663. The molecule has 0 aliphatic rings.